The molecule has 2 saturated carbocycles. The fourth-order valence-corrected chi connectivity index (χ4v) is 4.30. The molecule has 1 aromatic carbocycles. The van der Waals surface area contributed by atoms with Crippen LogP contribution in [-0.4, -0.2) is 5.91 Å². The van der Waals surface area contributed by atoms with E-state index in [1.807, 2.05) is 18.2 Å². The molecule has 0 aliphatic heterocycles. The van der Waals surface area contributed by atoms with E-state index in [-0.39, 0.29) is 22.8 Å². The van der Waals surface area contributed by atoms with Crippen LogP contribution in [0.5, 0.6) is 0 Å². The maximum absolute atomic E-state index is 12.9. The third-order valence-corrected chi connectivity index (χ3v) is 5.97. The number of carbonyl (C=O) groups excluding carboxylic acids is 1. The van der Waals surface area contributed by atoms with Gasteiger partial charge in [0.2, 0.25) is 5.91 Å². The molecular formula is C19H25NO. The highest BCUT2D eigenvalue weighted by molar-refractivity contribution is 5.87. The van der Waals surface area contributed by atoms with Gasteiger partial charge in [0.05, 0.1) is 11.5 Å². The molecule has 2 aliphatic carbocycles. The molecule has 0 spiro atoms. The first kappa shape index (κ1) is 14.4. The first-order chi connectivity index (χ1) is 9.88. The molecule has 0 aromatic heterocycles. The monoisotopic (exact) mass is 283 g/mol. The van der Waals surface area contributed by atoms with Gasteiger partial charge in [-0.25, -0.2) is 0 Å². The third-order valence-electron chi connectivity index (χ3n) is 5.97. The van der Waals surface area contributed by atoms with Gasteiger partial charge in [0, 0.05) is 0 Å². The van der Waals surface area contributed by atoms with Gasteiger partial charge < -0.3 is 5.32 Å². The van der Waals surface area contributed by atoms with Gasteiger partial charge in [-0.15, -0.1) is 0 Å². The Morgan fingerprint density at radius 2 is 2.00 bits per heavy atom. The van der Waals surface area contributed by atoms with Crippen LogP contribution in [0, 0.1) is 16.7 Å². The van der Waals surface area contributed by atoms with Gasteiger partial charge in [-0.1, -0.05) is 56.3 Å². The molecule has 2 fully saturated rings. The Balaban J connectivity index is 1.79. The van der Waals surface area contributed by atoms with Crippen molar-refractivity contribution < 1.29 is 4.79 Å². The van der Waals surface area contributed by atoms with Crippen molar-refractivity contribution in [1.82, 2.24) is 5.32 Å². The molecule has 21 heavy (non-hydrogen) atoms. The molecule has 2 bridgehead atoms. The highest BCUT2D eigenvalue weighted by atomic mass is 16.2. The van der Waals surface area contributed by atoms with Crippen molar-refractivity contribution in [1.29, 1.82) is 0 Å². The van der Waals surface area contributed by atoms with Crippen molar-refractivity contribution in [3.8, 4) is 0 Å². The molecule has 0 saturated heterocycles. The van der Waals surface area contributed by atoms with Crippen LogP contribution in [0.1, 0.15) is 51.6 Å². The van der Waals surface area contributed by atoms with E-state index in [0.717, 1.165) is 30.4 Å². The Morgan fingerprint density at radius 3 is 2.57 bits per heavy atom. The first-order valence-corrected chi connectivity index (χ1v) is 7.94. The lowest BCUT2D eigenvalue weighted by atomic mass is 9.68. The second-order valence-corrected chi connectivity index (χ2v) is 7.33. The zero-order valence-corrected chi connectivity index (χ0v) is 13.3. The van der Waals surface area contributed by atoms with Gasteiger partial charge in [0.15, 0.2) is 0 Å². The van der Waals surface area contributed by atoms with Gasteiger partial charge in [-0.05, 0) is 43.1 Å². The maximum Gasteiger partial charge on any atom is 0.230 e. The number of benzene rings is 1. The largest absolute Gasteiger partial charge is 0.349 e. The highest BCUT2D eigenvalue weighted by Crippen LogP contribution is 2.65. The molecule has 112 valence electrons. The molecule has 1 N–H and O–H groups in total. The molecular weight excluding hydrogens is 258 g/mol. The summed E-state index contributed by atoms with van der Waals surface area (Å²) in [4.78, 5) is 12.9. The summed E-state index contributed by atoms with van der Waals surface area (Å²) < 4.78 is 0. The molecule has 3 atom stereocenters. The average molecular weight is 283 g/mol. The van der Waals surface area contributed by atoms with Gasteiger partial charge in [-0.3, -0.25) is 4.79 Å². The van der Waals surface area contributed by atoms with E-state index in [9.17, 15) is 4.79 Å². The van der Waals surface area contributed by atoms with Gasteiger partial charge in [0.25, 0.3) is 0 Å². The summed E-state index contributed by atoms with van der Waals surface area (Å²) >= 11 is 0. The van der Waals surface area contributed by atoms with E-state index in [1.165, 1.54) is 0 Å². The van der Waals surface area contributed by atoms with Crippen molar-refractivity contribution in [2.75, 3.05) is 0 Å². The Kier molecular flexibility index (Phi) is 3.23. The van der Waals surface area contributed by atoms with Crippen molar-refractivity contribution in [2.45, 2.75) is 46.1 Å². The van der Waals surface area contributed by atoms with E-state index in [0.29, 0.717) is 5.92 Å². The van der Waals surface area contributed by atoms with Crippen LogP contribution < -0.4 is 5.32 Å². The van der Waals surface area contributed by atoms with Crippen LogP contribution in [0.3, 0.4) is 0 Å². The molecule has 3 rings (SSSR count). The summed E-state index contributed by atoms with van der Waals surface area (Å²) in [5, 5.41) is 3.22. The second kappa shape index (κ2) is 4.72. The summed E-state index contributed by atoms with van der Waals surface area (Å²) in [6.45, 7) is 10.8. The summed E-state index contributed by atoms with van der Waals surface area (Å²) in [7, 11) is 0. The standard InChI is InChI=1S/C19H25NO/c1-13(15-8-6-5-7-9-15)20-17(21)19-11-10-16(12-19)18(3,4)14(19)2/h5-9,13,16H,2,10-12H2,1,3-4H3,(H,20,21)/t13-,16+,19+/m1/s1. The number of hydrogen-bond acceptors (Lipinski definition) is 1. The molecule has 2 heteroatoms. The molecule has 0 heterocycles. The minimum atomic E-state index is -0.322. The normalized spacial score (nSPS) is 31.2. The van der Waals surface area contributed by atoms with E-state index >= 15 is 0 Å². The van der Waals surface area contributed by atoms with E-state index in [1.54, 1.807) is 0 Å². The number of carbonyl (C=O) groups is 1. The minimum Gasteiger partial charge on any atom is -0.349 e. The summed E-state index contributed by atoms with van der Waals surface area (Å²) in [6, 6.07) is 10.2. The van der Waals surface area contributed by atoms with Crippen LogP contribution in [0.15, 0.2) is 42.5 Å². The third kappa shape index (κ3) is 2.04. The van der Waals surface area contributed by atoms with Crippen molar-refractivity contribution in [3.63, 3.8) is 0 Å². The predicted molar refractivity (Wildman–Crippen MR) is 85.7 cm³/mol. The van der Waals surface area contributed by atoms with Gasteiger partial charge >= 0.3 is 0 Å². The molecule has 1 amide bonds. The number of rotatable bonds is 3. The quantitative estimate of drug-likeness (QED) is 0.826. The molecule has 0 unspecified atom stereocenters. The lowest BCUT2D eigenvalue weighted by molar-refractivity contribution is -0.129. The van der Waals surface area contributed by atoms with Crippen LogP contribution in [0.25, 0.3) is 0 Å². The van der Waals surface area contributed by atoms with Crippen molar-refractivity contribution >= 4 is 5.91 Å². The number of nitrogens with one attached hydrogen (secondary N) is 1. The number of hydrogen-bond donors (Lipinski definition) is 1. The fraction of sp³-hybridized carbons (Fsp3) is 0.526. The molecule has 1 aromatic rings. The number of fused-ring (bicyclic) bond motifs is 2. The van der Waals surface area contributed by atoms with Crippen LogP contribution in [0.2, 0.25) is 0 Å². The van der Waals surface area contributed by atoms with Crippen LogP contribution in [-0.2, 0) is 4.79 Å². The van der Waals surface area contributed by atoms with E-state index in [4.69, 9.17) is 0 Å². The van der Waals surface area contributed by atoms with E-state index in [2.05, 4.69) is 44.8 Å². The smallest absolute Gasteiger partial charge is 0.230 e. The zero-order valence-electron chi connectivity index (χ0n) is 13.3. The van der Waals surface area contributed by atoms with E-state index < -0.39 is 0 Å². The first-order valence-electron chi connectivity index (χ1n) is 7.94. The van der Waals surface area contributed by atoms with Crippen molar-refractivity contribution in [2.24, 2.45) is 16.7 Å². The Labute approximate surface area is 127 Å². The lowest BCUT2D eigenvalue weighted by Crippen LogP contribution is -2.42. The second-order valence-electron chi connectivity index (χ2n) is 7.33. The summed E-state index contributed by atoms with van der Waals surface area (Å²) in [5.74, 6) is 0.791. The zero-order chi connectivity index (χ0) is 15.3. The van der Waals surface area contributed by atoms with Crippen LogP contribution in [0.4, 0.5) is 0 Å². The summed E-state index contributed by atoms with van der Waals surface area (Å²) in [6.07, 6.45) is 3.10. The topological polar surface area (TPSA) is 29.1 Å². The Bertz CT molecular complexity index is 574. The Morgan fingerprint density at radius 1 is 1.33 bits per heavy atom. The fourth-order valence-electron chi connectivity index (χ4n) is 4.30. The molecule has 2 nitrogen and oxygen atoms in total. The molecule has 0 radical (unpaired) electrons. The van der Waals surface area contributed by atoms with Crippen molar-refractivity contribution in [3.05, 3.63) is 48.0 Å². The summed E-state index contributed by atoms with van der Waals surface area (Å²) in [5.41, 5.74) is 2.08. The minimum absolute atomic E-state index is 0.0450. The molecule has 2 aliphatic rings. The lowest BCUT2D eigenvalue weighted by Gasteiger charge is -2.37. The number of amides is 1. The van der Waals surface area contributed by atoms with Crippen LogP contribution >= 0.6 is 0 Å². The maximum atomic E-state index is 12.9. The SMILES string of the molecule is C=C1C(C)(C)[C@H]2CC[C@]1(C(=O)N[C@H](C)c1ccccc1)C2. The predicted octanol–water partition coefficient (Wildman–Crippen LogP) is 4.25. The highest BCUT2D eigenvalue weighted by Gasteiger charge is 2.60. The average Bonchev–Trinajstić information content (AvgIpc) is 3.00. The Hall–Kier alpha value is -1.57. The van der Waals surface area contributed by atoms with Gasteiger partial charge in [-0.2, -0.15) is 0 Å². The van der Waals surface area contributed by atoms with Gasteiger partial charge in [0.1, 0.15) is 0 Å².